The first kappa shape index (κ1) is 73.7. The third-order valence-corrected chi connectivity index (χ3v) is 18.7. The zero-order valence-electron chi connectivity index (χ0n) is 51.6. The summed E-state index contributed by atoms with van der Waals surface area (Å²) in [6.45, 7) is 4.38. The maximum Gasteiger partial charge on any atom is 0.407 e. The molecular formula is C66H92F8N4O8S2. The highest BCUT2D eigenvalue weighted by Crippen LogP contribution is 2.37. The van der Waals surface area contributed by atoms with Crippen molar-refractivity contribution in [3.05, 3.63) is 108 Å². The Hall–Kier alpha value is -5.00. The van der Waals surface area contributed by atoms with Crippen molar-refractivity contribution >= 4 is 31.6 Å². The van der Waals surface area contributed by atoms with Crippen LogP contribution < -0.4 is 21.3 Å². The molecule has 0 unspecified atom stereocenters. The van der Waals surface area contributed by atoms with Gasteiger partial charge in [0.2, 0.25) is 0 Å². The molecule has 88 heavy (non-hydrogen) atoms. The molecule has 0 bridgehead atoms. The summed E-state index contributed by atoms with van der Waals surface area (Å²) >= 11 is 0. The number of aliphatic carboxylic acids is 2. The largest absolute Gasteiger partial charge is 0.480 e. The SMILES string of the molecule is C1CCC(NC2CCCCC2)CC1.C1CCC(NC2CCCCC2)CC1.CC(C)(F)C[C@H](N[C@@H](c1ccc(-c2ccc(S(C)(=O)=O)cc2)cc1)C(F)(F)F)C(=O)O.CC(C)(F)C[C@H](N[C@@H](c1ccc(-c2ccc(S(C)(=O)=O)cc2)cc1)C(F)(F)F)C(=O)O. The monoisotopic (exact) mass is 1280 g/mol. The maximum absolute atomic E-state index is 13.9. The number of benzene rings is 4. The number of sulfone groups is 2. The van der Waals surface area contributed by atoms with E-state index in [-0.39, 0.29) is 20.9 Å². The molecule has 0 aliphatic heterocycles. The Morgan fingerprint density at radius 3 is 0.807 bits per heavy atom. The number of carboxylic acids is 2. The number of halogens is 8. The van der Waals surface area contributed by atoms with Crippen LogP contribution in [0.3, 0.4) is 0 Å². The molecule has 4 fully saturated rings. The number of hydrogen-bond acceptors (Lipinski definition) is 10. The van der Waals surface area contributed by atoms with Crippen molar-refractivity contribution in [2.75, 3.05) is 12.5 Å². The molecule has 0 aromatic heterocycles. The summed E-state index contributed by atoms with van der Waals surface area (Å²) in [5.41, 5.74) is -2.13. The Morgan fingerprint density at radius 1 is 0.409 bits per heavy atom. The highest BCUT2D eigenvalue weighted by molar-refractivity contribution is 7.91. The van der Waals surface area contributed by atoms with E-state index in [1.54, 1.807) is 0 Å². The highest BCUT2D eigenvalue weighted by Gasteiger charge is 2.45. The molecule has 0 spiro atoms. The Morgan fingerprint density at radius 2 is 0.625 bits per heavy atom. The van der Waals surface area contributed by atoms with Gasteiger partial charge in [0.1, 0.15) is 35.5 Å². The van der Waals surface area contributed by atoms with E-state index in [0.29, 0.717) is 22.3 Å². The van der Waals surface area contributed by atoms with Crippen molar-refractivity contribution in [1.29, 1.82) is 0 Å². The van der Waals surface area contributed by atoms with Crippen molar-refractivity contribution in [1.82, 2.24) is 21.3 Å². The first-order valence-electron chi connectivity index (χ1n) is 30.9. The smallest absolute Gasteiger partial charge is 0.407 e. The highest BCUT2D eigenvalue weighted by atomic mass is 32.2. The van der Waals surface area contributed by atoms with E-state index >= 15 is 0 Å². The minimum Gasteiger partial charge on any atom is -0.480 e. The van der Waals surface area contributed by atoms with Crippen LogP contribution in [0.25, 0.3) is 22.3 Å². The van der Waals surface area contributed by atoms with Gasteiger partial charge >= 0.3 is 24.3 Å². The van der Waals surface area contributed by atoms with Crippen LogP contribution in [-0.4, -0.2) is 111 Å². The summed E-state index contributed by atoms with van der Waals surface area (Å²) in [5.74, 6) is -3.16. The minimum absolute atomic E-state index is 0.115. The zero-order valence-corrected chi connectivity index (χ0v) is 53.2. The zero-order chi connectivity index (χ0) is 65.1. The van der Waals surface area contributed by atoms with Crippen molar-refractivity contribution in [2.24, 2.45) is 0 Å². The van der Waals surface area contributed by atoms with Gasteiger partial charge in [0.15, 0.2) is 19.7 Å². The summed E-state index contributed by atoms with van der Waals surface area (Å²) in [5, 5.41) is 30.2. The normalized spacial score (nSPS) is 18.6. The molecule has 4 atom stereocenters. The van der Waals surface area contributed by atoms with Gasteiger partial charge in [-0.1, -0.05) is 150 Å². The second-order valence-electron chi connectivity index (χ2n) is 25.4. The van der Waals surface area contributed by atoms with Crippen LogP contribution >= 0.6 is 0 Å². The molecule has 0 heterocycles. The van der Waals surface area contributed by atoms with Crippen LogP contribution in [0.5, 0.6) is 0 Å². The molecule has 4 aromatic carbocycles. The molecule has 8 rings (SSSR count). The summed E-state index contributed by atoms with van der Waals surface area (Å²) in [4.78, 5) is 23.0. The number of hydrogen-bond donors (Lipinski definition) is 6. The molecule has 4 saturated carbocycles. The van der Waals surface area contributed by atoms with Crippen LogP contribution in [0.4, 0.5) is 35.1 Å². The number of rotatable bonds is 20. The molecule has 0 saturated heterocycles. The van der Waals surface area contributed by atoms with Gasteiger partial charge in [0.05, 0.1) is 9.79 Å². The number of carbonyl (C=O) groups is 2. The molecular weight excluding hydrogens is 1190 g/mol. The average molecular weight is 1290 g/mol. The van der Waals surface area contributed by atoms with E-state index in [1.165, 1.54) is 225 Å². The molecule has 12 nitrogen and oxygen atoms in total. The van der Waals surface area contributed by atoms with E-state index in [9.17, 15) is 71.8 Å². The van der Waals surface area contributed by atoms with E-state index in [2.05, 4.69) is 10.6 Å². The molecule has 4 aliphatic rings. The predicted octanol–water partition coefficient (Wildman–Crippen LogP) is 15.6. The average Bonchev–Trinajstić information content (AvgIpc) is 1.18. The quantitative estimate of drug-likeness (QED) is 0.0460. The third kappa shape index (κ3) is 26.1. The number of alkyl halides is 8. The number of carboxylic acid groups (broad SMARTS) is 2. The summed E-state index contributed by atoms with van der Waals surface area (Å²) in [6.07, 6.45) is 20.4. The van der Waals surface area contributed by atoms with Crippen LogP contribution in [-0.2, 0) is 29.3 Å². The fourth-order valence-electron chi connectivity index (χ4n) is 11.8. The first-order chi connectivity index (χ1) is 41.1. The van der Waals surface area contributed by atoms with E-state index in [4.69, 9.17) is 0 Å². The van der Waals surface area contributed by atoms with Gasteiger partial charge in [-0.05, 0) is 137 Å². The van der Waals surface area contributed by atoms with Gasteiger partial charge in [-0.25, -0.2) is 25.6 Å². The molecule has 492 valence electrons. The third-order valence-electron chi connectivity index (χ3n) is 16.4. The van der Waals surface area contributed by atoms with Crippen molar-refractivity contribution in [3.8, 4) is 22.3 Å². The Balaban J connectivity index is 0.000000229. The first-order valence-corrected chi connectivity index (χ1v) is 34.7. The summed E-state index contributed by atoms with van der Waals surface area (Å²) in [7, 11) is -6.75. The van der Waals surface area contributed by atoms with Crippen LogP contribution in [0.1, 0.15) is 192 Å². The molecule has 4 aliphatic carbocycles. The molecule has 0 radical (unpaired) electrons. The van der Waals surface area contributed by atoms with Crippen molar-refractivity contribution < 1.29 is 71.8 Å². The summed E-state index contributed by atoms with van der Waals surface area (Å²) < 4.78 is 156. The predicted molar refractivity (Wildman–Crippen MR) is 330 cm³/mol. The van der Waals surface area contributed by atoms with Gasteiger partial charge in [-0.2, -0.15) is 26.3 Å². The van der Waals surface area contributed by atoms with Gasteiger partial charge in [-0.3, -0.25) is 20.2 Å². The Kier molecular flexibility index (Phi) is 27.9. The van der Waals surface area contributed by atoms with Crippen molar-refractivity contribution in [3.63, 3.8) is 0 Å². The lowest BCUT2D eigenvalue weighted by atomic mass is 9.91. The Labute approximate surface area is 516 Å². The molecule has 0 amide bonds. The van der Waals surface area contributed by atoms with Gasteiger partial charge < -0.3 is 20.8 Å². The summed E-state index contributed by atoms with van der Waals surface area (Å²) in [6, 6.07) is 17.6. The number of nitrogens with one attached hydrogen (secondary N) is 4. The second kappa shape index (κ2) is 33.4. The maximum atomic E-state index is 13.9. The molecule has 6 N–H and O–H groups in total. The van der Waals surface area contributed by atoms with Crippen LogP contribution in [0, 0.1) is 0 Å². The molecule has 4 aromatic rings. The second-order valence-corrected chi connectivity index (χ2v) is 29.5. The standard InChI is InChI=1S/2C21H23F4NO4S.2C12H23N/c2*1-20(2,22)12-17(19(27)28)26-18(21(23,24)25)15-6-4-13(5-7-15)14-8-10-16(11-9-14)31(3,29)30;2*1-3-7-11(8-4-1)13-12-9-5-2-6-10-12/h2*4-11,17-18,26H,12H2,1-3H3,(H,27,28);2*11-13H,1-10H2/t2*17-,18-;;/m00../s1. The van der Waals surface area contributed by atoms with Crippen molar-refractivity contribution in [2.45, 2.75) is 251 Å². The van der Waals surface area contributed by atoms with Gasteiger partial charge in [0.25, 0.3) is 0 Å². The van der Waals surface area contributed by atoms with Crippen LogP contribution in [0.2, 0.25) is 0 Å². The Bertz CT molecular complexity index is 2730. The van der Waals surface area contributed by atoms with Crippen LogP contribution in [0.15, 0.2) is 107 Å². The van der Waals surface area contributed by atoms with E-state index in [1.807, 2.05) is 10.6 Å². The van der Waals surface area contributed by atoms with Gasteiger partial charge in [0, 0.05) is 49.5 Å². The lowest BCUT2D eigenvalue weighted by Gasteiger charge is -2.30. The fraction of sp³-hybridized carbons (Fsp3) is 0.606. The van der Waals surface area contributed by atoms with Gasteiger partial charge in [-0.15, -0.1) is 0 Å². The minimum atomic E-state index is -4.81. The lowest BCUT2D eigenvalue weighted by Crippen LogP contribution is -2.47. The lowest BCUT2D eigenvalue weighted by molar-refractivity contribution is -0.165. The topological polar surface area (TPSA) is 191 Å². The fourth-order valence-corrected chi connectivity index (χ4v) is 13.1. The van der Waals surface area contributed by atoms with E-state index < -0.39 is 92.3 Å². The van der Waals surface area contributed by atoms with E-state index in [0.717, 1.165) is 64.4 Å². The molecule has 22 heteroatoms.